The second-order valence-electron chi connectivity index (χ2n) is 5.45. The van der Waals surface area contributed by atoms with E-state index < -0.39 is 11.2 Å². The van der Waals surface area contributed by atoms with Gasteiger partial charge in [-0.2, -0.15) is 0 Å². The van der Waals surface area contributed by atoms with Gasteiger partial charge in [0.25, 0.3) is 5.91 Å². The molecule has 1 N–H and O–H groups in total. The summed E-state index contributed by atoms with van der Waals surface area (Å²) in [5, 5.41) is 2.23. The van der Waals surface area contributed by atoms with E-state index in [2.05, 4.69) is 5.32 Å². The molecule has 1 atom stereocenters. The lowest BCUT2D eigenvalue weighted by molar-refractivity contribution is -0.153. The van der Waals surface area contributed by atoms with Gasteiger partial charge in [0.15, 0.2) is 6.61 Å². The van der Waals surface area contributed by atoms with E-state index in [9.17, 15) is 14.4 Å². The van der Waals surface area contributed by atoms with E-state index in [4.69, 9.17) is 9.47 Å². The number of hydrogen-bond donors (Lipinski definition) is 1. The second-order valence-corrected chi connectivity index (χ2v) is 6.69. The predicted molar refractivity (Wildman–Crippen MR) is 87.7 cm³/mol. The summed E-state index contributed by atoms with van der Waals surface area (Å²) in [6.07, 6.45) is -0.0682. The van der Waals surface area contributed by atoms with Gasteiger partial charge in [0.2, 0.25) is 5.91 Å². The molecular weight excluding hydrogens is 332 g/mol. The first-order chi connectivity index (χ1) is 11.6. The van der Waals surface area contributed by atoms with Crippen molar-refractivity contribution in [1.29, 1.82) is 0 Å². The molecule has 128 valence electrons. The Morgan fingerprint density at radius 1 is 1.29 bits per heavy atom. The molecule has 7 nitrogen and oxygen atoms in total. The van der Waals surface area contributed by atoms with Crippen molar-refractivity contribution in [1.82, 2.24) is 4.90 Å². The lowest BCUT2D eigenvalue weighted by atomic mass is 10.2. The molecule has 0 unspecified atom stereocenters. The fourth-order valence-corrected chi connectivity index (χ4v) is 3.58. The van der Waals surface area contributed by atoms with Crippen molar-refractivity contribution in [2.24, 2.45) is 0 Å². The van der Waals surface area contributed by atoms with Gasteiger partial charge in [0, 0.05) is 18.0 Å². The number of anilines is 1. The molecule has 24 heavy (non-hydrogen) atoms. The molecule has 0 aromatic heterocycles. The van der Waals surface area contributed by atoms with Gasteiger partial charge < -0.3 is 19.7 Å². The van der Waals surface area contributed by atoms with E-state index in [-0.39, 0.29) is 24.8 Å². The summed E-state index contributed by atoms with van der Waals surface area (Å²) >= 11 is 1.33. The third-order valence-electron chi connectivity index (χ3n) is 3.78. The zero-order valence-corrected chi connectivity index (χ0v) is 13.8. The first-order valence-electron chi connectivity index (χ1n) is 7.71. The summed E-state index contributed by atoms with van der Waals surface area (Å²) in [4.78, 5) is 38.4. The monoisotopic (exact) mass is 350 g/mol. The van der Waals surface area contributed by atoms with Crippen LogP contribution in [0, 0.1) is 0 Å². The quantitative estimate of drug-likeness (QED) is 0.812. The zero-order chi connectivity index (χ0) is 16.9. The van der Waals surface area contributed by atoms with E-state index in [1.807, 2.05) is 24.3 Å². The predicted octanol–water partition coefficient (Wildman–Crippen LogP) is 0.891. The topological polar surface area (TPSA) is 84.9 Å². The van der Waals surface area contributed by atoms with Crippen LogP contribution in [0.4, 0.5) is 5.69 Å². The van der Waals surface area contributed by atoms with Gasteiger partial charge in [-0.05, 0) is 12.1 Å². The normalized spacial score (nSPS) is 20.1. The molecule has 0 radical (unpaired) electrons. The van der Waals surface area contributed by atoms with Crippen molar-refractivity contribution in [3.63, 3.8) is 0 Å². The summed E-state index contributed by atoms with van der Waals surface area (Å²) in [5.74, 6) is -1.02. The average molecular weight is 350 g/mol. The van der Waals surface area contributed by atoms with Crippen LogP contribution in [-0.2, 0) is 23.9 Å². The number of amides is 2. The lowest BCUT2D eigenvalue weighted by Crippen LogP contribution is -2.43. The number of nitrogens with one attached hydrogen (secondary N) is 1. The van der Waals surface area contributed by atoms with Crippen LogP contribution in [0.15, 0.2) is 29.2 Å². The Labute approximate surface area is 143 Å². The highest BCUT2D eigenvalue weighted by Gasteiger charge is 2.29. The Balaban J connectivity index is 1.48. The highest BCUT2D eigenvalue weighted by atomic mass is 32.2. The number of morpholine rings is 1. The second kappa shape index (κ2) is 7.67. The largest absolute Gasteiger partial charge is 0.456 e. The number of carbonyl (C=O) groups is 3. The van der Waals surface area contributed by atoms with Gasteiger partial charge in [0.05, 0.1) is 30.6 Å². The lowest BCUT2D eigenvalue weighted by Gasteiger charge is -2.26. The summed E-state index contributed by atoms with van der Waals surface area (Å²) < 4.78 is 10.2. The van der Waals surface area contributed by atoms with Crippen LogP contribution < -0.4 is 5.32 Å². The van der Waals surface area contributed by atoms with Crippen molar-refractivity contribution in [3.05, 3.63) is 24.3 Å². The minimum absolute atomic E-state index is 0.0682. The Hall–Kier alpha value is -2.06. The summed E-state index contributed by atoms with van der Waals surface area (Å²) in [6.45, 7) is 1.71. The highest BCUT2D eigenvalue weighted by Crippen LogP contribution is 2.36. The Bertz CT molecular complexity index is 645. The summed E-state index contributed by atoms with van der Waals surface area (Å²) in [5.41, 5.74) is 0.750. The van der Waals surface area contributed by atoms with Gasteiger partial charge in [-0.25, -0.2) is 0 Å². The van der Waals surface area contributed by atoms with E-state index in [1.165, 1.54) is 11.8 Å². The number of benzene rings is 1. The number of thioether (sulfide) groups is 1. The van der Waals surface area contributed by atoms with E-state index >= 15 is 0 Å². The van der Waals surface area contributed by atoms with Crippen molar-refractivity contribution < 1.29 is 23.9 Å². The maximum Gasteiger partial charge on any atom is 0.307 e. The number of nitrogens with zero attached hydrogens (tertiary/aromatic N) is 1. The molecule has 2 amide bonds. The average Bonchev–Trinajstić information content (AvgIpc) is 2.61. The minimum atomic E-state index is -0.552. The highest BCUT2D eigenvalue weighted by molar-refractivity contribution is 8.01. The Kier molecular flexibility index (Phi) is 5.37. The molecule has 0 spiro atoms. The van der Waals surface area contributed by atoms with Gasteiger partial charge in [-0.3, -0.25) is 14.4 Å². The van der Waals surface area contributed by atoms with Crippen LogP contribution in [0.1, 0.15) is 6.42 Å². The number of para-hydroxylation sites is 1. The van der Waals surface area contributed by atoms with Crippen molar-refractivity contribution in [3.8, 4) is 0 Å². The molecule has 1 aromatic rings. The standard InChI is InChI=1S/C16H18N2O5S/c19-14(18-5-7-22-8-6-18)10-23-15(20)9-13-16(21)17-11-3-1-2-4-12(11)24-13/h1-4,13H,5-10H2,(H,17,21)/t13-/m1/s1. The van der Waals surface area contributed by atoms with Crippen molar-refractivity contribution >= 4 is 35.2 Å². The molecule has 0 bridgehead atoms. The van der Waals surface area contributed by atoms with Gasteiger partial charge in [0.1, 0.15) is 0 Å². The summed E-state index contributed by atoms with van der Waals surface area (Å²) in [7, 11) is 0. The molecule has 2 aliphatic rings. The summed E-state index contributed by atoms with van der Waals surface area (Å²) in [6, 6.07) is 7.42. The minimum Gasteiger partial charge on any atom is -0.456 e. The molecule has 1 saturated heterocycles. The molecule has 1 fully saturated rings. The maximum atomic E-state index is 12.0. The van der Waals surface area contributed by atoms with Crippen LogP contribution in [0.25, 0.3) is 0 Å². The van der Waals surface area contributed by atoms with Gasteiger partial charge in [-0.15, -0.1) is 11.8 Å². The van der Waals surface area contributed by atoms with Crippen LogP contribution >= 0.6 is 11.8 Å². The number of carbonyl (C=O) groups excluding carboxylic acids is 3. The first-order valence-corrected chi connectivity index (χ1v) is 8.59. The number of ether oxygens (including phenoxy) is 2. The SMILES string of the molecule is O=C(C[C@H]1Sc2ccccc2NC1=O)OCC(=O)N1CCOCC1. The van der Waals surface area contributed by atoms with Crippen LogP contribution in [0.5, 0.6) is 0 Å². The maximum absolute atomic E-state index is 12.0. The third kappa shape index (κ3) is 4.07. The number of esters is 1. The van der Waals surface area contributed by atoms with E-state index in [0.717, 1.165) is 10.6 Å². The number of hydrogen-bond acceptors (Lipinski definition) is 6. The Morgan fingerprint density at radius 2 is 2.04 bits per heavy atom. The smallest absolute Gasteiger partial charge is 0.307 e. The van der Waals surface area contributed by atoms with Gasteiger partial charge in [-0.1, -0.05) is 12.1 Å². The van der Waals surface area contributed by atoms with E-state index in [1.54, 1.807) is 4.90 Å². The molecular formula is C16H18N2O5S. The van der Waals surface area contributed by atoms with E-state index in [0.29, 0.717) is 26.3 Å². The molecule has 0 aliphatic carbocycles. The zero-order valence-electron chi connectivity index (χ0n) is 13.0. The van der Waals surface area contributed by atoms with Crippen LogP contribution in [0.2, 0.25) is 0 Å². The van der Waals surface area contributed by atoms with Gasteiger partial charge >= 0.3 is 5.97 Å². The number of fused-ring (bicyclic) bond motifs is 1. The fourth-order valence-electron chi connectivity index (χ4n) is 2.48. The Morgan fingerprint density at radius 3 is 2.83 bits per heavy atom. The van der Waals surface area contributed by atoms with Crippen molar-refractivity contribution in [2.45, 2.75) is 16.6 Å². The van der Waals surface area contributed by atoms with Crippen molar-refractivity contribution in [2.75, 3.05) is 38.2 Å². The fraction of sp³-hybridized carbons (Fsp3) is 0.438. The molecule has 2 heterocycles. The molecule has 2 aliphatic heterocycles. The molecule has 1 aromatic carbocycles. The molecule has 8 heteroatoms. The first kappa shape index (κ1) is 16.8. The number of rotatable bonds is 4. The molecule has 0 saturated carbocycles. The molecule has 3 rings (SSSR count). The third-order valence-corrected chi connectivity index (χ3v) is 5.05. The van der Waals surface area contributed by atoms with Crippen LogP contribution in [0.3, 0.4) is 0 Å². The van der Waals surface area contributed by atoms with Crippen LogP contribution in [-0.4, -0.2) is 60.8 Å².